The molecular formula is C18H36N2. The quantitative estimate of drug-likeness (QED) is 0.789. The number of nitrogens with zero attached hydrogens (tertiary/aromatic N) is 1. The van der Waals surface area contributed by atoms with Gasteiger partial charge in [0.1, 0.15) is 0 Å². The van der Waals surface area contributed by atoms with E-state index in [1.54, 1.807) is 0 Å². The molecule has 1 N–H and O–H groups in total. The van der Waals surface area contributed by atoms with E-state index in [-0.39, 0.29) is 0 Å². The van der Waals surface area contributed by atoms with Gasteiger partial charge in [-0.25, -0.2) is 0 Å². The fourth-order valence-corrected chi connectivity index (χ4v) is 5.23. The summed E-state index contributed by atoms with van der Waals surface area (Å²) in [5.41, 5.74) is 0.448. The molecule has 118 valence electrons. The van der Waals surface area contributed by atoms with Crippen LogP contribution in [0.25, 0.3) is 0 Å². The SMILES string of the molecule is CCN(CC)C1(C(NC)C2CCC(C)CC2)CCCC1. The molecule has 20 heavy (non-hydrogen) atoms. The zero-order valence-corrected chi connectivity index (χ0v) is 14.3. The Kier molecular flexibility index (Phi) is 5.92. The molecule has 0 aliphatic heterocycles. The molecule has 1 unspecified atom stereocenters. The fraction of sp³-hybridized carbons (Fsp3) is 1.00. The highest BCUT2D eigenvalue weighted by atomic mass is 15.2. The summed E-state index contributed by atoms with van der Waals surface area (Å²) in [6.07, 6.45) is 11.4. The van der Waals surface area contributed by atoms with E-state index >= 15 is 0 Å². The third-order valence-electron chi connectivity index (χ3n) is 6.28. The fourth-order valence-electron chi connectivity index (χ4n) is 5.23. The third-order valence-corrected chi connectivity index (χ3v) is 6.28. The topological polar surface area (TPSA) is 15.3 Å². The maximum Gasteiger partial charge on any atom is 0.0364 e. The largest absolute Gasteiger partial charge is 0.315 e. The van der Waals surface area contributed by atoms with Crippen LogP contribution in [-0.2, 0) is 0 Å². The van der Waals surface area contributed by atoms with Crippen molar-refractivity contribution in [2.75, 3.05) is 20.1 Å². The Balaban J connectivity index is 2.17. The van der Waals surface area contributed by atoms with Crippen LogP contribution < -0.4 is 5.32 Å². The molecular weight excluding hydrogens is 244 g/mol. The molecule has 2 heteroatoms. The smallest absolute Gasteiger partial charge is 0.0364 e. The van der Waals surface area contributed by atoms with Gasteiger partial charge in [-0.15, -0.1) is 0 Å². The van der Waals surface area contributed by atoms with Gasteiger partial charge < -0.3 is 5.32 Å². The van der Waals surface area contributed by atoms with Crippen LogP contribution in [-0.4, -0.2) is 36.6 Å². The summed E-state index contributed by atoms with van der Waals surface area (Å²) in [7, 11) is 2.21. The summed E-state index contributed by atoms with van der Waals surface area (Å²) in [4.78, 5) is 2.78. The molecule has 0 amide bonds. The number of nitrogens with one attached hydrogen (secondary N) is 1. The number of rotatable bonds is 6. The Morgan fingerprint density at radius 3 is 2.05 bits per heavy atom. The molecule has 0 aromatic rings. The molecule has 0 spiro atoms. The highest BCUT2D eigenvalue weighted by Crippen LogP contribution is 2.44. The third kappa shape index (κ3) is 3.06. The summed E-state index contributed by atoms with van der Waals surface area (Å²) in [6, 6.07) is 0.706. The molecule has 2 nitrogen and oxygen atoms in total. The van der Waals surface area contributed by atoms with Gasteiger partial charge in [0, 0.05) is 11.6 Å². The Morgan fingerprint density at radius 2 is 1.60 bits per heavy atom. The highest BCUT2D eigenvalue weighted by molar-refractivity contribution is 5.05. The van der Waals surface area contributed by atoms with E-state index in [0.29, 0.717) is 11.6 Å². The van der Waals surface area contributed by atoms with Crippen molar-refractivity contribution in [3.8, 4) is 0 Å². The van der Waals surface area contributed by atoms with Crippen LogP contribution in [0, 0.1) is 11.8 Å². The predicted octanol–water partition coefficient (Wildman–Crippen LogP) is 4.06. The molecule has 2 fully saturated rings. The van der Waals surface area contributed by atoms with Crippen molar-refractivity contribution >= 4 is 0 Å². The van der Waals surface area contributed by atoms with E-state index in [0.717, 1.165) is 11.8 Å². The normalized spacial score (nSPS) is 31.6. The van der Waals surface area contributed by atoms with Gasteiger partial charge in [0.05, 0.1) is 0 Å². The van der Waals surface area contributed by atoms with Gasteiger partial charge in [-0.1, -0.05) is 46.5 Å². The molecule has 0 aromatic carbocycles. The molecule has 0 saturated heterocycles. The van der Waals surface area contributed by atoms with Crippen LogP contribution >= 0.6 is 0 Å². The number of hydrogen-bond acceptors (Lipinski definition) is 2. The van der Waals surface area contributed by atoms with E-state index in [4.69, 9.17) is 0 Å². The first kappa shape index (κ1) is 16.3. The van der Waals surface area contributed by atoms with Crippen molar-refractivity contribution in [2.45, 2.75) is 83.7 Å². The maximum atomic E-state index is 3.78. The van der Waals surface area contributed by atoms with Crippen molar-refractivity contribution < 1.29 is 0 Å². The van der Waals surface area contributed by atoms with E-state index in [1.165, 1.54) is 64.5 Å². The maximum absolute atomic E-state index is 3.78. The lowest BCUT2D eigenvalue weighted by atomic mass is 9.71. The predicted molar refractivity (Wildman–Crippen MR) is 88.1 cm³/mol. The zero-order chi connectivity index (χ0) is 14.6. The lowest BCUT2D eigenvalue weighted by Crippen LogP contribution is -2.62. The summed E-state index contributed by atoms with van der Waals surface area (Å²) >= 11 is 0. The molecule has 0 bridgehead atoms. The number of hydrogen-bond donors (Lipinski definition) is 1. The molecule has 2 rings (SSSR count). The minimum Gasteiger partial charge on any atom is -0.315 e. The van der Waals surface area contributed by atoms with Crippen LogP contribution in [0.15, 0.2) is 0 Å². The van der Waals surface area contributed by atoms with E-state index in [1.807, 2.05) is 0 Å². The first-order valence-corrected chi connectivity index (χ1v) is 9.10. The van der Waals surface area contributed by atoms with Crippen LogP contribution in [0.5, 0.6) is 0 Å². The number of likely N-dealkylation sites (N-methyl/N-ethyl adjacent to an activating group) is 2. The lowest BCUT2D eigenvalue weighted by molar-refractivity contribution is 0.0302. The Morgan fingerprint density at radius 1 is 1.05 bits per heavy atom. The van der Waals surface area contributed by atoms with Crippen LogP contribution in [0.3, 0.4) is 0 Å². The summed E-state index contributed by atoms with van der Waals surface area (Å²) in [5.74, 6) is 1.85. The molecule has 1 atom stereocenters. The van der Waals surface area contributed by atoms with E-state index < -0.39 is 0 Å². The zero-order valence-electron chi connectivity index (χ0n) is 14.3. The Bertz CT molecular complexity index is 271. The minimum atomic E-state index is 0.448. The van der Waals surface area contributed by atoms with Crippen LogP contribution in [0.2, 0.25) is 0 Å². The second-order valence-electron chi connectivity index (χ2n) is 7.27. The first-order valence-electron chi connectivity index (χ1n) is 9.10. The second kappa shape index (κ2) is 7.26. The molecule has 2 aliphatic carbocycles. The summed E-state index contributed by atoms with van der Waals surface area (Å²) < 4.78 is 0. The van der Waals surface area contributed by atoms with Gasteiger partial charge in [0.15, 0.2) is 0 Å². The minimum absolute atomic E-state index is 0.448. The molecule has 2 aliphatic rings. The van der Waals surface area contributed by atoms with Gasteiger partial charge >= 0.3 is 0 Å². The van der Waals surface area contributed by atoms with Gasteiger partial charge in [-0.3, -0.25) is 4.90 Å². The van der Waals surface area contributed by atoms with E-state index in [9.17, 15) is 0 Å². The van der Waals surface area contributed by atoms with Gasteiger partial charge in [0.25, 0.3) is 0 Å². The standard InChI is InChI=1S/C18H36N2/c1-5-20(6-2)18(13-7-8-14-18)17(19-4)16-11-9-15(3)10-12-16/h15-17,19H,5-14H2,1-4H3. The molecule has 0 radical (unpaired) electrons. The van der Waals surface area contributed by atoms with Crippen molar-refractivity contribution in [3.05, 3.63) is 0 Å². The Hall–Kier alpha value is -0.0800. The lowest BCUT2D eigenvalue weighted by Gasteiger charge is -2.50. The summed E-state index contributed by atoms with van der Waals surface area (Å²) in [5, 5.41) is 3.78. The van der Waals surface area contributed by atoms with Crippen LogP contribution in [0.1, 0.15) is 72.1 Å². The van der Waals surface area contributed by atoms with E-state index in [2.05, 4.69) is 38.0 Å². The highest BCUT2D eigenvalue weighted by Gasteiger charge is 2.47. The monoisotopic (exact) mass is 280 g/mol. The molecule has 0 heterocycles. The molecule has 2 saturated carbocycles. The van der Waals surface area contributed by atoms with Gasteiger partial charge in [-0.2, -0.15) is 0 Å². The van der Waals surface area contributed by atoms with Crippen molar-refractivity contribution in [1.29, 1.82) is 0 Å². The second-order valence-corrected chi connectivity index (χ2v) is 7.27. The van der Waals surface area contributed by atoms with Crippen molar-refractivity contribution in [2.24, 2.45) is 11.8 Å². The van der Waals surface area contributed by atoms with Crippen LogP contribution in [0.4, 0.5) is 0 Å². The van der Waals surface area contributed by atoms with Gasteiger partial charge in [0.2, 0.25) is 0 Å². The average molecular weight is 280 g/mol. The van der Waals surface area contributed by atoms with Gasteiger partial charge in [-0.05, 0) is 57.7 Å². The average Bonchev–Trinajstić information content (AvgIpc) is 2.93. The van der Waals surface area contributed by atoms with Crippen molar-refractivity contribution in [3.63, 3.8) is 0 Å². The summed E-state index contributed by atoms with van der Waals surface area (Å²) in [6.45, 7) is 9.54. The molecule has 0 aromatic heterocycles. The Labute approximate surface area is 126 Å². The first-order chi connectivity index (χ1) is 9.67. The van der Waals surface area contributed by atoms with Crippen molar-refractivity contribution in [1.82, 2.24) is 10.2 Å².